The van der Waals surface area contributed by atoms with E-state index in [4.69, 9.17) is 10.8 Å². The summed E-state index contributed by atoms with van der Waals surface area (Å²) in [4.78, 5) is 11.0. The molecule has 0 aliphatic heterocycles. The molecule has 0 fully saturated rings. The molecule has 1 unspecified atom stereocenters. The van der Waals surface area contributed by atoms with Crippen LogP contribution in [0.2, 0.25) is 0 Å². The Hall–Kier alpha value is -1.35. The van der Waals surface area contributed by atoms with Crippen LogP contribution in [0.4, 0.5) is 0 Å². The lowest BCUT2D eigenvalue weighted by Crippen LogP contribution is -2.37. The molecule has 1 rings (SSSR count). The highest BCUT2D eigenvalue weighted by Crippen LogP contribution is 2.32. The third kappa shape index (κ3) is 3.57. The van der Waals surface area contributed by atoms with E-state index in [1.54, 1.807) is 6.92 Å². The molecular formula is C16H25NO2. The van der Waals surface area contributed by atoms with Crippen molar-refractivity contribution in [2.75, 3.05) is 0 Å². The van der Waals surface area contributed by atoms with Crippen LogP contribution in [0.15, 0.2) is 12.1 Å². The summed E-state index contributed by atoms with van der Waals surface area (Å²) in [6.45, 7) is 12.3. The average Bonchev–Trinajstić information content (AvgIpc) is 2.11. The van der Waals surface area contributed by atoms with Crippen LogP contribution >= 0.6 is 0 Å². The Morgan fingerprint density at radius 2 is 1.58 bits per heavy atom. The number of carboxylic acid groups (broad SMARTS) is 1. The van der Waals surface area contributed by atoms with E-state index < -0.39 is 11.5 Å². The summed E-state index contributed by atoms with van der Waals surface area (Å²) in [6, 6.07) is 4.24. The van der Waals surface area contributed by atoms with Gasteiger partial charge in [0.1, 0.15) is 0 Å². The molecule has 0 spiro atoms. The lowest BCUT2D eigenvalue weighted by Gasteiger charge is -2.30. The maximum absolute atomic E-state index is 11.0. The van der Waals surface area contributed by atoms with E-state index in [-0.39, 0.29) is 11.8 Å². The molecule has 0 bridgehead atoms. The number of aryl methyl sites for hydroxylation is 2. The predicted molar refractivity (Wildman–Crippen MR) is 78.4 cm³/mol. The van der Waals surface area contributed by atoms with Gasteiger partial charge in [0.05, 0.1) is 6.42 Å². The summed E-state index contributed by atoms with van der Waals surface area (Å²) in [7, 11) is 0. The predicted octanol–water partition coefficient (Wildman–Crippen LogP) is 3.25. The smallest absolute Gasteiger partial charge is 0.305 e. The van der Waals surface area contributed by atoms with Gasteiger partial charge in [-0.3, -0.25) is 4.79 Å². The SMILES string of the molecule is Cc1cc(C(C)(C)C)cc(C)c1C(C)(N)CC(=O)O. The molecule has 0 saturated carbocycles. The minimum atomic E-state index is -0.872. The van der Waals surface area contributed by atoms with Gasteiger partial charge in [-0.1, -0.05) is 32.9 Å². The van der Waals surface area contributed by atoms with Gasteiger partial charge in [-0.15, -0.1) is 0 Å². The van der Waals surface area contributed by atoms with Crippen LogP contribution in [0.25, 0.3) is 0 Å². The molecule has 0 heterocycles. The van der Waals surface area contributed by atoms with Gasteiger partial charge in [-0.05, 0) is 48.4 Å². The third-order valence-corrected chi connectivity index (χ3v) is 3.49. The maximum atomic E-state index is 11.0. The minimum Gasteiger partial charge on any atom is -0.481 e. The highest BCUT2D eigenvalue weighted by atomic mass is 16.4. The molecule has 1 aromatic carbocycles. The second-order valence-corrected chi connectivity index (χ2v) is 6.72. The number of carboxylic acids is 1. The van der Waals surface area contributed by atoms with Crippen LogP contribution in [0.3, 0.4) is 0 Å². The lowest BCUT2D eigenvalue weighted by molar-refractivity contribution is -0.138. The Bertz CT molecular complexity index is 473. The first kappa shape index (κ1) is 15.7. The first-order valence-corrected chi connectivity index (χ1v) is 6.58. The van der Waals surface area contributed by atoms with Crippen LogP contribution in [0, 0.1) is 13.8 Å². The molecular weight excluding hydrogens is 238 g/mol. The van der Waals surface area contributed by atoms with E-state index in [1.165, 1.54) is 5.56 Å². The summed E-state index contributed by atoms with van der Waals surface area (Å²) >= 11 is 0. The summed E-state index contributed by atoms with van der Waals surface area (Å²) in [5.74, 6) is -0.872. The van der Waals surface area contributed by atoms with Crippen molar-refractivity contribution in [3.8, 4) is 0 Å². The lowest BCUT2D eigenvalue weighted by atomic mass is 9.78. The summed E-state index contributed by atoms with van der Waals surface area (Å²) in [6.07, 6.45) is -0.0659. The van der Waals surface area contributed by atoms with Gasteiger partial charge in [0.15, 0.2) is 0 Å². The molecule has 0 aliphatic carbocycles. The van der Waals surface area contributed by atoms with Gasteiger partial charge >= 0.3 is 5.97 Å². The second kappa shape index (κ2) is 4.97. The Kier molecular flexibility index (Phi) is 4.11. The zero-order valence-electron chi connectivity index (χ0n) is 12.8. The van der Waals surface area contributed by atoms with Gasteiger partial charge in [0.2, 0.25) is 0 Å². The fraction of sp³-hybridized carbons (Fsp3) is 0.562. The number of benzene rings is 1. The molecule has 0 amide bonds. The number of aliphatic carboxylic acids is 1. The van der Waals surface area contributed by atoms with Crippen molar-refractivity contribution >= 4 is 5.97 Å². The van der Waals surface area contributed by atoms with E-state index in [2.05, 4.69) is 32.9 Å². The third-order valence-electron chi connectivity index (χ3n) is 3.49. The fourth-order valence-corrected chi connectivity index (χ4v) is 2.70. The van der Waals surface area contributed by atoms with Crippen molar-refractivity contribution in [2.45, 2.75) is 58.9 Å². The fourth-order valence-electron chi connectivity index (χ4n) is 2.70. The average molecular weight is 263 g/mol. The van der Waals surface area contributed by atoms with E-state index in [0.717, 1.165) is 16.7 Å². The first-order chi connectivity index (χ1) is 8.45. The standard InChI is InChI=1S/C16H25NO2/c1-10-7-12(15(3,4)5)8-11(2)14(10)16(6,17)9-13(18)19/h7-8H,9,17H2,1-6H3,(H,18,19). The van der Waals surface area contributed by atoms with Crippen LogP contribution in [0.1, 0.15) is 56.4 Å². The Balaban J connectivity index is 3.36. The van der Waals surface area contributed by atoms with Crippen molar-refractivity contribution in [2.24, 2.45) is 5.73 Å². The molecule has 3 nitrogen and oxygen atoms in total. The Morgan fingerprint density at radius 3 is 1.89 bits per heavy atom. The van der Waals surface area contributed by atoms with Crippen molar-refractivity contribution < 1.29 is 9.90 Å². The first-order valence-electron chi connectivity index (χ1n) is 6.58. The topological polar surface area (TPSA) is 63.3 Å². The van der Waals surface area contributed by atoms with Gasteiger partial charge in [0, 0.05) is 5.54 Å². The van der Waals surface area contributed by atoms with Gasteiger partial charge in [-0.2, -0.15) is 0 Å². The minimum absolute atomic E-state index is 0.0659. The van der Waals surface area contributed by atoms with Crippen molar-refractivity contribution in [3.63, 3.8) is 0 Å². The zero-order chi connectivity index (χ0) is 15.0. The normalized spacial score (nSPS) is 15.1. The van der Waals surface area contributed by atoms with Crippen molar-refractivity contribution in [1.82, 2.24) is 0 Å². The highest BCUT2D eigenvalue weighted by Gasteiger charge is 2.29. The number of hydrogen-bond donors (Lipinski definition) is 2. The molecule has 3 N–H and O–H groups in total. The van der Waals surface area contributed by atoms with Crippen LogP contribution in [-0.2, 0) is 15.7 Å². The van der Waals surface area contributed by atoms with Crippen LogP contribution in [-0.4, -0.2) is 11.1 Å². The monoisotopic (exact) mass is 263 g/mol. The maximum Gasteiger partial charge on any atom is 0.305 e. The molecule has 106 valence electrons. The van der Waals surface area contributed by atoms with Crippen molar-refractivity contribution in [1.29, 1.82) is 0 Å². The van der Waals surface area contributed by atoms with E-state index >= 15 is 0 Å². The quantitative estimate of drug-likeness (QED) is 0.880. The molecule has 1 atom stereocenters. The number of carbonyl (C=O) groups is 1. The van der Waals surface area contributed by atoms with Crippen molar-refractivity contribution in [3.05, 3.63) is 34.4 Å². The zero-order valence-corrected chi connectivity index (χ0v) is 12.8. The number of rotatable bonds is 3. The van der Waals surface area contributed by atoms with Crippen LogP contribution < -0.4 is 5.73 Å². The van der Waals surface area contributed by atoms with Crippen LogP contribution in [0.5, 0.6) is 0 Å². The van der Waals surface area contributed by atoms with E-state index in [0.29, 0.717) is 0 Å². The molecule has 0 saturated heterocycles. The largest absolute Gasteiger partial charge is 0.481 e. The molecule has 0 aromatic heterocycles. The molecule has 3 heteroatoms. The van der Waals surface area contributed by atoms with E-state index in [1.807, 2.05) is 13.8 Å². The van der Waals surface area contributed by atoms with Gasteiger partial charge in [-0.25, -0.2) is 0 Å². The van der Waals surface area contributed by atoms with E-state index in [9.17, 15) is 4.79 Å². The Morgan fingerprint density at radius 1 is 1.16 bits per heavy atom. The number of nitrogens with two attached hydrogens (primary N) is 1. The summed E-state index contributed by atoms with van der Waals surface area (Å²) < 4.78 is 0. The summed E-state index contributed by atoms with van der Waals surface area (Å²) in [5, 5.41) is 9.00. The second-order valence-electron chi connectivity index (χ2n) is 6.72. The van der Waals surface area contributed by atoms with Gasteiger partial charge in [0.25, 0.3) is 0 Å². The molecule has 1 aromatic rings. The number of hydrogen-bond acceptors (Lipinski definition) is 2. The molecule has 0 aliphatic rings. The molecule has 19 heavy (non-hydrogen) atoms. The highest BCUT2D eigenvalue weighted by molar-refractivity contribution is 5.69. The Labute approximate surface area is 115 Å². The molecule has 0 radical (unpaired) electrons. The summed E-state index contributed by atoms with van der Waals surface area (Å²) in [5.41, 5.74) is 9.78. The van der Waals surface area contributed by atoms with Gasteiger partial charge < -0.3 is 10.8 Å².